The molecule has 1 heterocycles. The van der Waals surface area contributed by atoms with E-state index in [1.165, 1.54) is 23.5 Å². The highest BCUT2D eigenvalue weighted by Crippen LogP contribution is 2.31. The third-order valence-corrected chi connectivity index (χ3v) is 6.87. The predicted molar refractivity (Wildman–Crippen MR) is 115 cm³/mol. The van der Waals surface area contributed by atoms with Crippen LogP contribution in [0.3, 0.4) is 0 Å². The number of aromatic nitrogens is 1. The standard InChI is InChI=1S/C20H20N4O4S2/c1-28-18-5-3-2-4-16(18)20-21-17(12-29-20)19(25)23-22-13-8-10-15(11-9-13)30(26,27)24-14-6-7-14/h2-5,8-12,14,22,24H,6-7H2,1H3,(H,23,25). The highest BCUT2D eigenvalue weighted by Gasteiger charge is 2.27. The van der Waals surface area contributed by atoms with Crippen LogP contribution in [0.4, 0.5) is 5.69 Å². The van der Waals surface area contributed by atoms with Gasteiger partial charge in [0.25, 0.3) is 5.91 Å². The zero-order chi connectivity index (χ0) is 21.1. The number of sulfonamides is 1. The molecule has 1 fully saturated rings. The number of nitrogens with zero attached hydrogens (tertiary/aromatic N) is 1. The Hall–Kier alpha value is -2.95. The minimum Gasteiger partial charge on any atom is -0.496 e. The second-order valence-electron chi connectivity index (χ2n) is 6.74. The highest BCUT2D eigenvalue weighted by atomic mass is 32.2. The zero-order valence-corrected chi connectivity index (χ0v) is 17.7. The molecule has 3 N–H and O–H groups in total. The zero-order valence-electron chi connectivity index (χ0n) is 16.1. The van der Waals surface area contributed by atoms with Gasteiger partial charge in [0.15, 0.2) is 0 Å². The van der Waals surface area contributed by atoms with Crippen LogP contribution in [0.5, 0.6) is 5.75 Å². The summed E-state index contributed by atoms with van der Waals surface area (Å²) in [5.41, 5.74) is 6.97. The first-order valence-corrected chi connectivity index (χ1v) is 11.6. The number of hydrogen-bond donors (Lipinski definition) is 3. The molecule has 1 amide bonds. The molecule has 10 heteroatoms. The number of methoxy groups -OCH3 is 1. The van der Waals surface area contributed by atoms with Crippen molar-refractivity contribution in [2.24, 2.45) is 0 Å². The van der Waals surface area contributed by atoms with Crippen LogP contribution < -0.4 is 20.3 Å². The molecule has 2 aromatic carbocycles. The Balaban J connectivity index is 1.38. The molecule has 4 rings (SSSR count). The average molecular weight is 445 g/mol. The molecule has 0 aliphatic heterocycles. The minimum atomic E-state index is -3.50. The molecule has 0 atom stereocenters. The number of rotatable bonds is 8. The molecule has 0 saturated heterocycles. The van der Waals surface area contributed by atoms with E-state index in [1.807, 2.05) is 24.3 Å². The molecule has 1 saturated carbocycles. The molecule has 0 unspecified atom stereocenters. The number of anilines is 1. The molecule has 0 spiro atoms. The molecule has 0 radical (unpaired) electrons. The Kier molecular flexibility index (Phi) is 5.71. The van der Waals surface area contributed by atoms with E-state index < -0.39 is 15.9 Å². The van der Waals surface area contributed by atoms with Crippen molar-refractivity contribution in [3.63, 3.8) is 0 Å². The smallest absolute Gasteiger partial charge is 0.289 e. The van der Waals surface area contributed by atoms with Gasteiger partial charge in [0.2, 0.25) is 10.0 Å². The van der Waals surface area contributed by atoms with E-state index in [9.17, 15) is 13.2 Å². The average Bonchev–Trinajstić information content (AvgIpc) is 3.42. The fourth-order valence-corrected chi connectivity index (χ4v) is 4.86. The number of benzene rings is 2. The van der Waals surface area contributed by atoms with Gasteiger partial charge in [0, 0.05) is 11.4 Å². The molecule has 1 aromatic heterocycles. The summed E-state index contributed by atoms with van der Waals surface area (Å²) in [5.74, 6) is 0.280. The minimum absolute atomic E-state index is 0.0472. The van der Waals surface area contributed by atoms with Gasteiger partial charge >= 0.3 is 0 Å². The van der Waals surface area contributed by atoms with Crippen LogP contribution in [0.15, 0.2) is 58.8 Å². The van der Waals surface area contributed by atoms with Crippen LogP contribution in [0, 0.1) is 0 Å². The van der Waals surface area contributed by atoms with E-state index in [4.69, 9.17) is 4.74 Å². The molecule has 0 bridgehead atoms. The summed E-state index contributed by atoms with van der Waals surface area (Å²) in [6.45, 7) is 0. The maximum Gasteiger partial charge on any atom is 0.289 e. The van der Waals surface area contributed by atoms with Crippen LogP contribution in [-0.4, -0.2) is 32.5 Å². The van der Waals surface area contributed by atoms with Crippen molar-refractivity contribution in [2.75, 3.05) is 12.5 Å². The quantitative estimate of drug-likeness (QED) is 0.461. The first-order valence-electron chi connectivity index (χ1n) is 9.24. The lowest BCUT2D eigenvalue weighted by molar-refractivity contribution is 0.0958. The van der Waals surface area contributed by atoms with Crippen LogP contribution in [0.1, 0.15) is 23.3 Å². The summed E-state index contributed by atoms with van der Waals surface area (Å²) in [6, 6.07) is 13.7. The summed E-state index contributed by atoms with van der Waals surface area (Å²) < 4.78 is 32.4. The SMILES string of the molecule is COc1ccccc1-c1nc(C(=O)NNc2ccc(S(=O)(=O)NC3CC3)cc2)cs1. The largest absolute Gasteiger partial charge is 0.496 e. The summed E-state index contributed by atoms with van der Waals surface area (Å²) in [4.78, 5) is 17.0. The van der Waals surface area contributed by atoms with Gasteiger partial charge in [-0.05, 0) is 49.2 Å². The topological polar surface area (TPSA) is 109 Å². The van der Waals surface area contributed by atoms with E-state index in [-0.39, 0.29) is 16.6 Å². The van der Waals surface area contributed by atoms with Crippen molar-refractivity contribution in [1.29, 1.82) is 0 Å². The molecular weight excluding hydrogens is 424 g/mol. The van der Waals surface area contributed by atoms with Crippen molar-refractivity contribution in [3.05, 3.63) is 59.6 Å². The first kappa shape index (κ1) is 20.3. The van der Waals surface area contributed by atoms with E-state index in [1.54, 1.807) is 24.6 Å². The molecule has 30 heavy (non-hydrogen) atoms. The van der Waals surface area contributed by atoms with Crippen molar-refractivity contribution in [2.45, 2.75) is 23.8 Å². The molecular formula is C20H20N4O4S2. The third-order valence-electron chi connectivity index (χ3n) is 4.46. The number of thiazole rings is 1. The molecule has 1 aliphatic carbocycles. The number of nitrogens with one attached hydrogen (secondary N) is 3. The maximum atomic E-state index is 12.4. The number of hydrazine groups is 1. The third kappa shape index (κ3) is 4.61. The molecule has 156 valence electrons. The number of hydrogen-bond acceptors (Lipinski definition) is 7. The van der Waals surface area contributed by atoms with Gasteiger partial charge in [-0.1, -0.05) is 12.1 Å². The van der Waals surface area contributed by atoms with Gasteiger partial charge in [-0.3, -0.25) is 15.6 Å². The number of amides is 1. The lowest BCUT2D eigenvalue weighted by Gasteiger charge is -2.09. The van der Waals surface area contributed by atoms with Gasteiger partial charge in [0.1, 0.15) is 16.5 Å². The normalized spacial score (nSPS) is 13.6. The van der Waals surface area contributed by atoms with Crippen LogP contribution in [0.2, 0.25) is 0 Å². The van der Waals surface area contributed by atoms with E-state index >= 15 is 0 Å². The summed E-state index contributed by atoms with van der Waals surface area (Å²) in [7, 11) is -1.92. The van der Waals surface area contributed by atoms with E-state index in [2.05, 4.69) is 20.6 Å². The summed E-state index contributed by atoms with van der Waals surface area (Å²) in [6.07, 6.45) is 1.75. The van der Waals surface area contributed by atoms with E-state index in [0.29, 0.717) is 16.4 Å². The number of carbonyl (C=O) groups is 1. The van der Waals surface area contributed by atoms with Gasteiger partial charge in [-0.2, -0.15) is 0 Å². The number of para-hydroxylation sites is 1. The Morgan fingerprint density at radius 1 is 1.13 bits per heavy atom. The summed E-state index contributed by atoms with van der Waals surface area (Å²) >= 11 is 1.34. The fraction of sp³-hybridized carbons (Fsp3) is 0.200. The van der Waals surface area contributed by atoms with E-state index in [0.717, 1.165) is 18.4 Å². The first-order chi connectivity index (χ1) is 14.5. The number of ether oxygens (including phenoxy) is 1. The van der Waals surface area contributed by atoms with Crippen molar-refractivity contribution in [3.8, 4) is 16.3 Å². The van der Waals surface area contributed by atoms with Crippen LogP contribution in [-0.2, 0) is 10.0 Å². The van der Waals surface area contributed by atoms with Gasteiger partial charge in [-0.25, -0.2) is 18.1 Å². The fourth-order valence-electron chi connectivity index (χ4n) is 2.72. The monoisotopic (exact) mass is 444 g/mol. The van der Waals surface area contributed by atoms with Gasteiger partial charge in [-0.15, -0.1) is 11.3 Å². The van der Waals surface area contributed by atoms with Crippen molar-refractivity contribution >= 4 is 33.0 Å². The molecule has 8 nitrogen and oxygen atoms in total. The van der Waals surface area contributed by atoms with Crippen LogP contribution in [0.25, 0.3) is 10.6 Å². The Bertz CT molecular complexity index is 1160. The predicted octanol–water partition coefficient (Wildman–Crippen LogP) is 3.02. The van der Waals surface area contributed by atoms with Crippen LogP contribution >= 0.6 is 11.3 Å². The Morgan fingerprint density at radius 2 is 1.87 bits per heavy atom. The second kappa shape index (κ2) is 8.42. The lowest BCUT2D eigenvalue weighted by Crippen LogP contribution is -2.29. The maximum absolute atomic E-state index is 12.4. The molecule has 3 aromatic rings. The van der Waals surface area contributed by atoms with Crippen molar-refractivity contribution < 1.29 is 17.9 Å². The molecule has 1 aliphatic rings. The highest BCUT2D eigenvalue weighted by molar-refractivity contribution is 7.89. The van der Waals surface area contributed by atoms with Crippen molar-refractivity contribution in [1.82, 2.24) is 15.1 Å². The van der Waals surface area contributed by atoms with Gasteiger partial charge < -0.3 is 4.74 Å². The Labute approximate surface area is 178 Å². The number of carbonyl (C=O) groups excluding carboxylic acids is 1. The second-order valence-corrected chi connectivity index (χ2v) is 9.31. The Morgan fingerprint density at radius 3 is 2.57 bits per heavy atom. The summed E-state index contributed by atoms with van der Waals surface area (Å²) in [5, 5.41) is 2.34. The lowest BCUT2D eigenvalue weighted by atomic mass is 10.2. The van der Waals surface area contributed by atoms with Gasteiger partial charge in [0.05, 0.1) is 23.3 Å².